The Kier molecular flexibility index (Phi) is 3.83. The van der Waals surface area contributed by atoms with Crippen molar-refractivity contribution in [1.29, 1.82) is 0 Å². The number of nitrogens with one attached hydrogen (secondary N) is 1. The van der Waals surface area contributed by atoms with Gasteiger partial charge in [-0.25, -0.2) is 9.97 Å². The van der Waals surface area contributed by atoms with Crippen molar-refractivity contribution in [3.8, 4) is 0 Å². The number of nitro benzene ring substituents is 1. The van der Waals surface area contributed by atoms with E-state index in [2.05, 4.69) is 26.0 Å². The number of aromatic nitrogens is 3. The Balaban J connectivity index is 1.48. The lowest BCUT2D eigenvalue weighted by Gasteiger charge is -2.08. The van der Waals surface area contributed by atoms with E-state index in [1.807, 2.05) is 12.1 Å². The molecule has 0 unspecified atom stereocenters. The lowest BCUT2D eigenvalue weighted by molar-refractivity contribution is -0.385. The molecule has 0 saturated heterocycles. The van der Waals surface area contributed by atoms with Crippen LogP contribution in [0.1, 0.15) is 30.0 Å². The molecule has 1 saturated carbocycles. The summed E-state index contributed by atoms with van der Waals surface area (Å²) in [6.45, 7) is 2.41. The molecule has 7 heteroatoms. The van der Waals surface area contributed by atoms with Crippen LogP contribution in [0.4, 0.5) is 11.5 Å². The van der Waals surface area contributed by atoms with Gasteiger partial charge >= 0.3 is 0 Å². The normalized spacial score (nSPS) is 14.0. The van der Waals surface area contributed by atoms with Gasteiger partial charge in [0.2, 0.25) is 0 Å². The van der Waals surface area contributed by atoms with Gasteiger partial charge in [0.1, 0.15) is 17.8 Å². The molecule has 0 radical (unpaired) electrons. The summed E-state index contributed by atoms with van der Waals surface area (Å²) in [7, 11) is 0. The molecule has 25 heavy (non-hydrogen) atoms. The highest BCUT2D eigenvalue weighted by Gasteiger charge is 2.25. The molecule has 2 aromatic heterocycles. The third-order valence-corrected chi connectivity index (χ3v) is 4.63. The van der Waals surface area contributed by atoms with E-state index in [0.29, 0.717) is 24.6 Å². The summed E-state index contributed by atoms with van der Waals surface area (Å²) in [6, 6.07) is 8.01. The van der Waals surface area contributed by atoms with Crippen molar-refractivity contribution >= 4 is 22.5 Å². The fraction of sp³-hybridized carbons (Fsp3) is 0.333. The van der Waals surface area contributed by atoms with Gasteiger partial charge in [-0.2, -0.15) is 0 Å². The molecule has 0 spiro atoms. The van der Waals surface area contributed by atoms with Gasteiger partial charge < -0.3 is 9.88 Å². The van der Waals surface area contributed by atoms with Crippen LogP contribution in [0.15, 0.2) is 36.8 Å². The number of nitrogens with zero attached hydrogens (tertiary/aromatic N) is 4. The first kappa shape index (κ1) is 15.6. The molecular weight excluding hydrogens is 318 g/mol. The van der Waals surface area contributed by atoms with Crippen LogP contribution in [0.5, 0.6) is 0 Å². The molecule has 7 nitrogen and oxygen atoms in total. The first-order valence-electron chi connectivity index (χ1n) is 8.43. The molecule has 1 aromatic carbocycles. The van der Waals surface area contributed by atoms with Crippen molar-refractivity contribution < 1.29 is 4.92 Å². The summed E-state index contributed by atoms with van der Waals surface area (Å²) in [5.41, 5.74) is 2.75. The van der Waals surface area contributed by atoms with E-state index in [1.54, 1.807) is 25.4 Å². The number of nitro groups is 1. The van der Waals surface area contributed by atoms with E-state index in [9.17, 15) is 10.1 Å². The van der Waals surface area contributed by atoms with E-state index in [1.165, 1.54) is 12.8 Å². The second-order valence-electron chi connectivity index (χ2n) is 6.47. The molecular formula is C18H19N5O2. The molecule has 1 aliphatic rings. The largest absolute Gasteiger partial charge is 0.369 e. The Morgan fingerprint density at radius 1 is 1.32 bits per heavy atom. The zero-order valence-corrected chi connectivity index (χ0v) is 14.0. The molecule has 0 amide bonds. The number of aryl methyl sites for hydroxylation is 1. The summed E-state index contributed by atoms with van der Waals surface area (Å²) in [5.74, 6) is 0.811. The number of hydrogen-bond acceptors (Lipinski definition) is 5. The summed E-state index contributed by atoms with van der Waals surface area (Å²) in [6.07, 6.45) is 6.77. The van der Waals surface area contributed by atoms with E-state index in [4.69, 9.17) is 0 Å². The lowest BCUT2D eigenvalue weighted by atomic mass is 10.1. The predicted molar refractivity (Wildman–Crippen MR) is 95.8 cm³/mol. The Labute approximate surface area is 144 Å². The summed E-state index contributed by atoms with van der Waals surface area (Å²) in [5, 5.41) is 15.4. The fourth-order valence-corrected chi connectivity index (χ4v) is 3.09. The van der Waals surface area contributed by atoms with Crippen LogP contribution >= 0.6 is 0 Å². The molecule has 1 N–H and O–H groups in total. The predicted octanol–water partition coefficient (Wildman–Crippen LogP) is 3.64. The van der Waals surface area contributed by atoms with Crippen LogP contribution in [0.2, 0.25) is 0 Å². The lowest BCUT2D eigenvalue weighted by Crippen LogP contribution is -2.07. The molecule has 0 bridgehead atoms. The van der Waals surface area contributed by atoms with Crippen LogP contribution in [0.3, 0.4) is 0 Å². The first-order chi connectivity index (χ1) is 12.1. The van der Waals surface area contributed by atoms with Crippen LogP contribution in [-0.2, 0) is 6.42 Å². The highest BCUT2D eigenvalue weighted by atomic mass is 16.6. The highest BCUT2D eigenvalue weighted by molar-refractivity contribution is 5.87. The maximum absolute atomic E-state index is 11.0. The summed E-state index contributed by atoms with van der Waals surface area (Å²) < 4.78 is 2.21. The summed E-state index contributed by atoms with van der Waals surface area (Å²) >= 11 is 0. The van der Waals surface area contributed by atoms with Crippen LogP contribution in [0.25, 0.3) is 11.0 Å². The first-order valence-corrected chi connectivity index (χ1v) is 8.43. The monoisotopic (exact) mass is 337 g/mol. The maximum atomic E-state index is 11.0. The molecule has 0 aliphatic heterocycles. The van der Waals surface area contributed by atoms with Gasteiger partial charge in [-0.3, -0.25) is 10.1 Å². The average molecular weight is 337 g/mol. The quantitative estimate of drug-likeness (QED) is 0.548. The zero-order valence-electron chi connectivity index (χ0n) is 14.0. The molecule has 3 aromatic rings. The molecule has 4 rings (SSSR count). The van der Waals surface area contributed by atoms with Crippen molar-refractivity contribution in [1.82, 2.24) is 14.5 Å². The Morgan fingerprint density at radius 3 is 2.92 bits per heavy atom. The van der Waals surface area contributed by atoms with Gasteiger partial charge in [0, 0.05) is 30.4 Å². The number of anilines is 1. The zero-order chi connectivity index (χ0) is 17.4. The highest BCUT2D eigenvalue weighted by Crippen LogP contribution is 2.37. The number of benzene rings is 1. The van der Waals surface area contributed by atoms with E-state index in [-0.39, 0.29) is 10.6 Å². The average Bonchev–Trinajstić information content (AvgIpc) is 3.35. The molecule has 0 atom stereocenters. The third kappa shape index (κ3) is 3.05. The SMILES string of the molecule is Cc1ccc(CCNc2ncnc3c2ccn3C2CC2)cc1[N+](=O)[O-]. The number of rotatable bonds is 6. The van der Waals surface area contributed by atoms with Crippen molar-refractivity contribution in [2.24, 2.45) is 0 Å². The van der Waals surface area contributed by atoms with Crippen LogP contribution in [-0.4, -0.2) is 26.0 Å². The van der Waals surface area contributed by atoms with E-state index < -0.39 is 0 Å². The van der Waals surface area contributed by atoms with Gasteiger partial charge in [0.25, 0.3) is 5.69 Å². The van der Waals surface area contributed by atoms with Gasteiger partial charge in [0.15, 0.2) is 0 Å². The second kappa shape index (κ2) is 6.16. The Morgan fingerprint density at radius 2 is 2.16 bits per heavy atom. The minimum absolute atomic E-state index is 0.170. The van der Waals surface area contributed by atoms with Crippen molar-refractivity contribution in [2.45, 2.75) is 32.2 Å². The Bertz CT molecular complexity index is 946. The van der Waals surface area contributed by atoms with Crippen LogP contribution in [0, 0.1) is 17.0 Å². The third-order valence-electron chi connectivity index (χ3n) is 4.63. The van der Waals surface area contributed by atoms with Crippen molar-refractivity contribution in [3.05, 3.63) is 58.0 Å². The molecule has 1 aliphatic carbocycles. The van der Waals surface area contributed by atoms with Crippen molar-refractivity contribution in [2.75, 3.05) is 11.9 Å². The minimum Gasteiger partial charge on any atom is -0.369 e. The molecule has 2 heterocycles. The maximum Gasteiger partial charge on any atom is 0.272 e. The van der Waals surface area contributed by atoms with Crippen LogP contribution < -0.4 is 5.32 Å². The molecule has 1 fully saturated rings. The van der Waals surface area contributed by atoms with Gasteiger partial charge in [-0.15, -0.1) is 0 Å². The summed E-state index contributed by atoms with van der Waals surface area (Å²) in [4.78, 5) is 19.5. The number of hydrogen-bond donors (Lipinski definition) is 1. The smallest absolute Gasteiger partial charge is 0.272 e. The van der Waals surface area contributed by atoms with Gasteiger partial charge in [-0.1, -0.05) is 12.1 Å². The standard InChI is InChI=1S/C18H19N5O2/c1-12-2-3-13(10-16(12)23(24)25)6-8-19-17-15-7-9-22(14-4-5-14)18(15)21-11-20-17/h2-3,7,9-11,14H,4-6,8H2,1H3,(H,19,20,21). The van der Waals surface area contributed by atoms with Crippen molar-refractivity contribution in [3.63, 3.8) is 0 Å². The second-order valence-corrected chi connectivity index (χ2v) is 6.47. The topological polar surface area (TPSA) is 85.9 Å². The van der Waals surface area contributed by atoms with Gasteiger partial charge in [0.05, 0.1) is 10.3 Å². The molecule has 128 valence electrons. The minimum atomic E-state index is -0.333. The number of fused-ring (bicyclic) bond motifs is 1. The van der Waals surface area contributed by atoms with Gasteiger partial charge in [-0.05, 0) is 37.8 Å². The van der Waals surface area contributed by atoms with E-state index in [0.717, 1.165) is 22.4 Å². The van der Waals surface area contributed by atoms with E-state index >= 15 is 0 Å². The Hall–Kier alpha value is -2.96. The fourth-order valence-electron chi connectivity index (χ4n) is 3.09.